The molecule has 0 amide bonds. The molecule has 0 unspecified atom stereocenters. The van der Waals surface area contributed by atoms with Crippen LogP contribution in [-0.2, 0) is 0 Å². The van der Waals surface area contributed by atoms with Crippen molar-refractivity contribution in [2.24, 2.45) is 5.41 Å². The minimum absolute atomic E-state index is 0.642. The largest absolute Gasteiger partial charge is 0.313 e. The van der Waals surface area contributed by atoms with Crippen molar-refractivity contribution in [1.29, 1.82) is 0 Å². The van der Waals surface area contributed by atoms with Gasteiger partial charge in [-0.05, 0) is 51.4 Å². The quantitative estimate of drug-likeness (QED) is 0.674. The summed E-state index contributed by atoms with van der Waals surface area (Å²) in [5.41, 5.74) is 2.44. The van der Waals surface area contributed by atoms with Crippen molar-refractivity contribution in [1.82, 2.24) is 5.32 Å². The summed E-state index contributed by atoms with van der Waals surface area (Å²) in [5, 5.41) is 3.72. The van der Waals surface area contributed by atoms with E-state index in [-0.39, 0.29) is 0 Å². The fraction of sp³-hybridized carbons (Fsp3) is 0.846. The fourth-order valence-corrected chi connectivity index (χ4v) is 2.71. The van der Waals surface area contributed by atoms with Crippen LogP contribution >= 0.6 is 0 Å². The highest BCUT2D eigenvalue weighted by Crippen LogP contribution is 2.54. The van der Waals surface area contributed by atoms with Crippen molar-refractivity contribution in [3.63, 3.8) is 0 Å². The van der Waals surface area contributed by atoms with E-state index in [2.05, 4.69) is 11.4 Å². The monoisotopic (exact) mass is 191 g/mol. The molecule has 14 heavy (non-hydrogen) atoms. The third-order valence-electron chi connectivity index (χ3n) is 4.13. The van der Waals surface area contributed by atoms with Crippen LogP contribution in [0.1, 0.15) is 51.4 Å². The molecule has 0 atom stereocenters. The fourth-order valence-electron chi connectivity index (χ4n) is 2.71. The van der Waals surface area contributed by atoms with E-state index < -0.39 is 0 Å². The van der Waals surface area contributed by atoms with Crippen LogP contribution in [0.25, 0.3) is 0 Å². The Balaban J connectivity index is 1.60. The lowest BCUT2D eigenvalue weighted by Crippen LogP contribution is -2.27. The second-order valence-electron chi connectivity index (χ2n) is 5.41. The lowest BCUT2D eigenvalue weighted by Gasteiger charge is -2.23. The second-order valence-corrected chi connectivity index (χ2v) is 5.41. The van der Waals surface area contributed by atoms with Crippen molar-refractivity contribution >= 4 is 0 Å². The molecule has 0 heterocycles. The summed E-state index contributed by atoms with van der Waals surface area (Å²) in [7, 11) is 0. The third kappa shape index (κ3) is 1.75. The van der Waals surface area contributed by atoms with Gasteiger partial charge >= 0.3 is 0 Å². The molecular weight excluding hydrogens is 170 g/mol. The maximum absolute atomic E-state index is 3.72. The van der Waals surface area contributed by atoms with Gasteiger partial charge in [-0.1, -0.05) is 11.6 Å². The van der Waals surface area contributed by atoms with Gasteiger partial charge in [-0.3, -0.25) is 0 Å². The minimum atomic E-state index is 0.642. The van der Waals surface area contributed by atoms with E-state index in [0.29, 0.717) is 5.41 Å². The van der Waals surface area contributed by atoms with Gasteiger partial charge in [-0.25, -0.2) is 0 Å². The molecule has 78 valence electrons. The van der Waals surface area contributed by atoms with Gasteiger partial charge in [0.1, 0.15) is 0 Å². The Labute approximate surface area is 87.0 Å². The highest BCUT2D eigenvalue weighted by atomic mass is 15.0. The first-order valence-corrected chi connectivity index (χ1v) is 6.32. The molecule has 0 bridgehead atoms. The topological polar surface area (TPSA) is 12.0 Å². The standard InChI is InChI=1S/C13H21N/c1-2-4-11(5-3-1)13(8-9-13)10-14-12-6-7-12/h4,12,14H,1-3,5-10H2. The Bertz CT molecular complexity index is 246. The van der Waals surface area contributed by atoms with Crippen LogP contribution < -0.4 is 5.32 Å². The zero-order valence-corrected chi connectivity index (χ0v) is 9.02. The molecule has 0 aromatic heterocycles. The number of rotatable bonds is 4. The lowest BCUT2D eigenvalue weighted by molar-refractivity contribution is 0.486. The van der Waals surface area contributed by atoms with E-state index in [1.165, 1.54) is 57.9 Å². The van der Waals surface area contributed by atoms with Crippen LogP contribution in [0.3, 0.4) is 0 Å². The number of hydrogen-bond acceptors (Lipinski definition) is 1. The van der Waals surface area contributed by atoms with E-state index in [9.17, 15) is 0 Å². The highest BCUT2D eigenvalue weighted by molar-refractivity contribution is 5.24. The SMILES string of the molecule is C1=C(C2(CNC3CC3)CC2)CCCC1. The summed E-state index contributed by atoms with van der Waals surface area (Å²) in [5.74, 6) is 0. The van der Waals surface area contributed by atoms with E-state index in [4.69, 9.17) is 0 Å². The van der Waals surface area contributed by atoms with Gasteiger partial charge in [0.25, 0.3) is 0 Å². The molecule has 3 aliphatic carbocycles. The van der Waals surface area contributed by atoms with E-state index >= 15 is 0 Å². The number of nitrogens with one attached hydrogen (secondary N) is 1. The summed E-state index contributed by atoms with van der Waals surface area (Å²) in [6.07, 6.45) is 13.9. The second kappa shape index (κ2) is 3.37. The van der Waals surface area contributed by atoms with Crippen molar-refractivity contribution in [2.75, 3.05) is 6.54 Å². The zero-order valence-electron chi connectivity index (χ0n) is 9.02. The molecule has 0 aliphatic heterocycles. The van der Waals surface area contributed by atoms with Crippen LogP contribution in [0.5, 0.6) is 0 Å². The summed E-state index contributed by atoms with van der Waals surface area (Å²) >= 11 is 0. The maximum Gasteiger partial charge on any atom is 0.00685 e. The first kappa shape index (κ1) is 8.96. The molecule has 0 aromatic carbocycles. The molecular formula is C13H21N. The van der Waals surface area contributed by atoms with Crippen molar-refractivity contribution in [2.45, 2.75) is 57.4 Å². The van der Waals surface area contributed by atoms with E-state index in [0.717, 1.165) is 6.04 Å². The zero-order chi connectivity index (χ0) is 9.43. The Kier molecular flexibility index (Phi) is 2.16. The number of allylic oxidation sites excluding steroid dienone is 1. The summed E-state index contributed by atoms with van der Waals surface area (Å²) < 4.78 is 0. The van der Waals surface area contributed by atoms with Crippen molar-refractivity contribution in [3.05, 3.63) is 11.6 Å². The molecule has 1 N–H and O–H groups in total. The summed E-state index contributed by atoms with van der Waals surface area (Å²) in [6, 6.07) is 0.886. The van der Waals surface area contributed by atoms with Crippen LogP contribution in [0.15, 0.2) is 11.6 Å². The van der Waals surface area contributed by atoms with Gasteiger partial charge < -0.3 is 5.32 Å². The first-order valence-electron chi connectivity index (χ1n) is 6.32. The third-order valence-corrected chi connectivity index (χ3v) is 4.13. The molecule has 3 rings (SSSR count). The molecule has 2 saturated carbocycles. The molecule has 1 nitrogen and oxygen atoms in total. The average Bonchev–Trinajstić information content (AvgIpc) is 3.12. The maximum atomic E-state index is 3.72. The first-order chi connectivity index (χ1) is 6.89. The molecule has 0 spiro atoms. The van der Waals surface area contributed by atoms with Gasteiger partial charge in [0.2, 0.25) is 0 Å². The Hall–Kier alpha value is -0.300. The lowest BCUT2D eigenvalue weighted by atomic mass is 9.86. The minimum Gasteiger partial charge on any atom is -0.313 e. The number of hydrogen-bond donors (Lipinski definition) is 1. The summed E-state index contributed by atoms with van der Waals surface area (Å²) in [4.78, 5) is 0. The Morgan fingerprint density at radius 3 is 2.71 bits per heavy atom. The Morgan fingerprint density at radius 2 is 2.14 bits per heavy atom. The molecule has 2 fully saturated rings. The highest BCUT2D eigenvalue weighted by Gasteiger charge is 2.45. The van der Waals surface area contributed by atoms with Crippen molar-refractivity contribution in [3.8, 4) is 0 Å². The average molecular weight is 191 g/mol. The Morgan fingerprint density at radius 1 is 1.29 bits per heavy atom. The predicted octanol–water partition coefficient (Wildman–Crippen LogP) is 3.02. The molecule has 1 heteroatoms. The van der Waals surface area contributed by atoms with Crippen molar-refractivity contribution < 1.29 is 0 Å². The van der Waals surface area contributed by atoms with Gasteiger partial charge in [-0.15, -0.1) is 0 Å². The predicted molar refractivity (Wildman–Crippen MR) is 59.2 cm³/mol. The van der Waals surface area contributed by atoms with Crippen LogP contribution in [0.2, 0.25) is 0 Å². The smallest absolute Gasteiger partial charge is 0.00685 e. The van der Waals surface area contributed by atoms with Gasteiger partial charge in [0.15, 0.2) is 0 Å². The van der Waals surface area contributed by atoms with Crippen LogP contribution in [-0.4, -0.2) is 12.6 Å². The van der Waals surface area contributed by atoms with Crippen LogP contribution in [0, 0.1) is 5.41 Å². The molecule has 0 aromatic rings. The van der Waals surface area contributed by atoms with Gasteiger partial charge in [-0.2, -0.15) is 0 Å². The van der Waals surface area contributed by atoms with E-state index in [1.54, 1.807) is 5.57 Å². The van der Waals surface area contributed by atoms with Crippen LogP contribution in [0.4, 0.5) is 0 Å². The normalized spacial score (nSPS) is 29.9. The molecule has 0 saturated heterocycles. The van der Waals surface area contributed by atoms with Gasteiger partial charge in [0.05, 0.1) is 0 Å². The van der Waals surface area contributed by atoms with Gasteiger partial charge in [0, 0.05) is 18.0 Å². The van der Waals surface area contributed by atoms with E-state index in [1.807, 2.05) is 0 Å². The summed E-state index contributed by atoms with van der Waals surface area (Å²) in [6.45, 7) is 1.28. The molecule has 3 aliphatic rings. The molecule has 0 radical (unpaired) electrons.